The molecule has 5 nitrogen and oxygen atoms in total. The molecule has 0 unspecified atom stereocenters. The van der Waals surface area contributed by atoms with Gasteiger partial charge in [0.25, 0.3) is 5.56 Å². The van der Waals surface area contributed by atoms with Crippen LogP contribution in [0.25, 0.3) is 11.1 Å². The molecule has 0 amide bonds. The van der Waals surface area contributed by atoms with Gasteiger partial charge in [0, 0.05) is 18.6 Å². The third-order valence-electron chi connectivity index (χ3n) is 3.40. The molecular formula is C18H14N3O2-. The van der Waals surface area contributed by atoms with Crippen LogP contribution in [-0.2, 0) is 6.54 Å². The quantitative estimate of drug-likeness (QED) is 0.589. The van der Waals surface area contributed by atoms with Crippen LogP contribution < -0.4 is 10.7 Å². The van der Waals surface area contributed by atoms with E-state index in [1.807, 2.05) is 42.5 Å². The third-order valence-corrected chi connectivity index (χ3v) is 3.40. The molecule has 114 valence electrons. The van der Waals surface area contributed by atoms with Crippen molar-refractivity contribution in [2.75, 3.05) is 0 Å². The molecule has 3 aromatic rings. The van der Waals surface area contributed by atoms with Crippen LogP contribution in [0.2, 0.25) is 0 Å². The van der Waals surface area contributed by atoms with E-state index in [9.17, 15) is 9.90 Å². The average molecular weight is 304 g/mol. The number of hydrogen-bond donors (Lipinski definition) is 1. The first-order valence-electron chi connectivity index (χ1n) is 7.13. The molecule has 5 heteroatoms. The smallest absolute Gasteiger partial charge is 0.256 e. The number of aliphatic imine (C=N–C) groups is 1. The summed E-state index contributed by atoms with van der Waals surface area (Å²) in [6, 6.07) is 14.6. The summed E-state index contributed by atoms with van der Waals surface area (Å²) in [5, 5.41) is 12.2. The van der Waals surface area contributed by atoms with Gasteiger partial charge in [0.15, 0.2) is 0 Å². The van der Waals surface area contributed by atoms with Crippen LogP contribution in [0.3, 0.4) is 0 Å². The van der Waals surface area contributed by atoms with Gasteiger partial charge in [0.05, 0.1) is 12.1 Å². The van der Waals surface area contributed by atoms with Crippen molar-refractivity contribution in [2.45, 2.75) is 6.54 Å². The van der Waals surface area contributed by atoms with Gasteiger partial charge in [-0.3, -0.25) is 14.8 Å². The zero-order valence-corrected chi connectivity index (χ0v) is 12.3. The lowest BCUT2D eigenvalue weighted by Crippen LogP contribution is -2.27. The van der Waals surface area contributed by atoms with Crippen molar-refractivity contribution in [1.82, 2.24) is 9.97 Å². The minimum absolute atomic E-state index is 0.0373. The Kier molecular flexibility index (Phi) is 4.29. The van der Waals surface area contributed by atoms with Crippen LogP contribution in [0.1, 0.15) is 11.1 Å². The summed E-state index contributed by atoms with van der Waals surface area (Å²) in [7, 11) is 0. The second-order valence-electron chi connectivity index (χ2n) is 4.97. The Morgan fingerprint density at radius 3 is 2.57 bits per heavy atom. The molecule has 0 spiro atoms. The largest absolute Gasteiger partial charge is 0.858 e. The van der Waals surface area contributed by atoms with E-state index in [0.29, 0.717) is 0 Å². The summed E-state index contributed by atoms with van der Waals surface area (Å²) in [6.07, 6.45) is 4.88. The van der Waals surface area contributed by atoms with Gasteiger partial charge in [-0.25, -0.2) is 0 Å². The summed E-state index contributed by atoms with van der Waals surface area (Å²) in [6.45, 7) is 0.249. The fraction of sp³-hybridized carbons (Fsp3) is 0.0556. The lowest BCUT2D eigenvalue weighted by atomic mass is 10.1. The second kappa shape index (κ2) is 6.70. The summed E-state index contributed by atoms with van der Waals surface area (Å²) >= 11 is 0. The predicted molar refractivity (Wildman–Crippen MR) is 87.0 cm³/mol. The van der Waals surface area contributed by atoms with Crippen molar-refractivity contribution in [1.29, 1.82) is 0 Å². The molecule has 2 heterocycles. The van der Waals surface area contributed by atoms with Gasteiger partial charge < -0.3 is 10.1 Å². The maximum Gasteiger partial charge on any atom is 0.256 e. The zero-order valence-electron chi connectivity index (χ0n) is 12.3. The predicted octanol–water partition coefficient (Wildman–Crippen LogP) is 1.74. The highest BCUT2D eigenvalue weighted by atomic mass is 16.3. The van der Waals surface area contributed by atoms with Gasteiger partial charge in [-0.1, -0.05) is 30.3 Å². The standard InChI is InChI=1S/C18H15N3O2/c22-17(20-11-13-4-2-1-3-5-13)16-10-15(12-21-18(16)23)14-6-8-19-9-7-14/h1-10,12H,11H2,(H,20,22)(H,21,23)/p-1. The second-order valence-corrected chi connectivity index (χ2v) is 4.97. The van der Waals surface area contributed by atoms with Crippen LogP contribution in [0.5, 0.6) is 0 Å². The molecule has 0 aliphatic heterocycles. The van der Waals surface area contributed by atoms with E-state index in [1.54, 1.807) is 24.7 Å². The maximum absolute atomic E-state index is 12.2. The molecule has 2 aromatic heterocycles. The number of nitrogens with one attached hydrogen (secondary N) is 1. The first kappa shape index (κ1) is 14.7. The number of hydrogen-bond acceptors (Lipinski definition) is 4. The number of aromatic amines is 1. The Balaban J connectivity index is 1.91. The molecule has 1 aromatic carbocycles. The van der Waals surface area contributed by atoms with Crippen molar-refractivity contribution >= 4 is 5.90 Å². The molecular weight excluding hydrogens is 290 g/mol. The van der Waals surface area contributed by atoms with E-state index in [4.69, 9.17) is 0 Å². The van der Waals surface area contributed by atoms with E-state index in [1.165, 1.54) is 0 Å². The zero-order chi connectivity index (χ0) is 16.1. The third kappa shape index (κ3) is 3.52. The Morgan fingerprint density at radius 1 is 1.09 bits per heavy atom. The highest BCUT2D eigenvalue weighted by molar-refractivity contribution is 5.91. The van der Waals surface area contributed by atoms with E-state index >= 15 is 0 Å². The fourth-order valence-corrected chi connectivity index (χ4v) is 2.19. The molecule has 0 aliphatic rings. The van der Waals surface area contributed by atoms with Gasteiger partial charge in [-0.2, -0.15) is 0 Å². The van der Waals surface area contributed by atoms with Gasteiger partial charge in [-0.15, -0.1) is 0 Å². The molecule has 0 saturated carbocycles. The molecule has 23 heavy (non-hydrogen) atoms. The lowest BCUT2D eigenvalue weighted by Gasteiger charge is -2.11. The minimum atomic E-state index is -0.522. The van der Waals surface area contributed by atoms with Crippen molar-refractivity contribution in [3.8, 4) is 11.1 Å². The number of rotatable bonds is 4. The number of nitrogens with zero attached hydrogens (tertiary/aromatic N) is 2. The Morgan fingerprint density at radius 2 is 1.83 bits per heavy atom. The first-order valence-corrected chi connectivity index (χ1v) is 7.13. The number of aromatic nitrogens is 2. The minimum Gasteiger partial charge on any atom is -0.858 e. The summed E-state index contributed by atoms with van der Waals surface area (Å²) in [4.78, 5) is 22.4. The van der Waals surface area contributed by atoms with E-state index in [-0.39, 0.29) is 12.1 Å². The number of benzene rings is 1. The van der Waals surface area contributed by atoms with Crippen LogP contribution in [0, 0.1) is 0 Å². The molecule has 0 saturated heterocycles. The molecule has 1 N–H and O–H groups in total. The fourth-order valence-electron chi connectivity index (χ4n) is 2.19. The Hall–Kier alpha value is -3.21. The van der Waals surface area contributed by atoms with Gasteiger partial charge in [0.1, 0.15) is 0 Å². The monoisotopic (exact) mass is 304 g/mol. The van der Waals surface area contributed by atoms with Gasteiger partial charge in [-0.05, 0) is 40.8 Å². The maximum atomic E-state index is 12.2. The van der Waals surface area contributed by atoms with Crippen molar-refractivity contribution in [3.05, 3.63) is 88.6 Å². The highest BCUT2D eigenvalue weighted by Gasteiger charge is 2.04. The van der Waals surface area contributed by atoms with Crippen molar-refractivity contribution < 1.29 is 5.11 Å². The van der Waals surface area contributed by atoms with Crippen LogP contribution >= 0.6 is 0 Å². The summed E-state index contributed by atoms with van der Waals surface area (Å²) in [5.41, 5.74) is 2.13. The highest BCUT2D eigenvalue weighted by Crippen LogP contribution is 2.16. The molecule has 0 radical (unpaired) electrons. The van der Waals surface area contributed by atoms with E-state index in [0.717, 1.165) is 16.7 Å². The van der Waals surface area contributed by atoms with Gasteiger partial charge in [0.2, 0.25) is 0 Å². The van der Waals surface area contributed by atoms with Crippen molar-refractivity contribution in [2.24, 2.45) is 4.99 Å². The molecule has 0 atom stereocenters. The SMILES string of the molecule is O=c1[nH]cc(-c2ccncc2)cc1C([O-])=NCc1ccccc1. The topological polar surface area (TPSA) is 81.2 Å². The molecule has 0 bridgehead atoms. The van der Waals surface area contributed by atoms with E-state index < -0.39 is 11.5 Å². The molecule has 3 rings (SSSR count). The van der Waals surface area contributed by atoms with E-state index in [2.05, 4.69) is 15.0 Å². The Labute approximate surface area is 133 Å². The van der Waals surface area contributed by atoms with Crippen LogP contribution in [0.15, 0.2) is 76.9 Å². The molecule has 0 aliphatic carbocycles. The first-order chi connectivity index (χ1) is 11.2. The normalized spacial score (nSPS) is 11.4. The number of H-pyrrole nitrogens is 1. The van der Waals surface area contributed by atoms with Crippen LogP contribution in [0.4, 0.5) is 0 Å². The summed E-state index contributed by atoms with van der Waals surface area (Å²) in [5.74, 6) is -0.522. The number of pyridine rings is 2. The average Bonchev–Trinajstić information content (AvgIpc) is 2.62. The Bertz CT molecular complexity index is 872. The van der Waals surface area contributed by atoms with Crippen molar-refractivity contribution in [3.63, 3.8) is 0 Å². The summed E-state index contributed by atoms with van der Waals surface area (Å²) < 4.78 is 0. The van der Waals surface area contributed by atoms with Gasteiger partial charge >= 0.3 is 0 Å². The van der Waals surface area contributed by atoms with Crippen LogP contribution in [-0.4, -0.2) is 15.9 Å². The lowest BCUT2D eigenvalue weighted by molar-refractivity contribution is -0.213. The molecule has 0 fully saturated rings.